The second-order valence-electron chi connectivity index (χ2n) is 8.39. The van der Waals surface area contributed by atoms with Gasteiger partial charge in [0.05, 0.1) is 29.0 Å². The van der Waals surface area contributed by atoms with E-state index in [4.69, 9.17) is 4.98 Å². The van der Waals surface area contributed by atoms with E-state index in [9.17, 15) is 4.79 Å². The van der Waals surface area contributed by atoms with Crippen LogP contribution in [0.5, 0.6) is 0 Å². The molecule has 2 aromatic carbocycles. The first-order valence-electron chi connectivity index (χ1n) is 11.3. The number of para-hydroxylation sites is 1. The van der Waals surface area contributed by atoms with Gasteiger partial charge in [0.1, 0.15) is 0 Å². The van der Waals surface area contributed by atoms with Gasteiger partial charge in [0.15, 0.2) is 0 Å². The van der Waals surface area contributed by atoms with Crippen LogP contribution in [0.25, 0.3) is 22.2 Å². The lowest BCUT2D eigenvalue weighted by Crippen LogP contribution is -2.28. The summed E-state index contributed by atoms with van der Waals surface area (Å²) < 4.78 is 1.74. The first-order chi connectivity index (χ1) is 15.5. The molecule has 1 amide bonds. The Morgan fingerprint density at radius 3 is 2.41 bits per heavy atom. The monoisotopic (exact) mass is 426 g/mol. The van der Waals surface area contributed by atoms with Crippen LogP contribution in [0, 0.1) is 0 Å². The minimum absolute atomic E-state index is 0.0535. The summed E-state index contributed by atoms with van der Waals surface area (Å²) in [5.41, 5.74) is 5.51. The maximum atomic E-state index is 13.5. The molecule has 1 N–H and O–H groups in total. The maximum absolute atomic E-state index is 13.5. The summed E-state index contributed by atoms with van der Waals surface area (Å²) in [6.45, 7) is 6.54. The van der Waals surface area contributed by atoms with Crippen LogP contribution >= 0.6 is 0 Å². The molecule has 0 spiro atoms. The molecule has 0 radical (unpaired) electrons. The van der Waals surface area contributed by atoms with Crippen molar-refractivity contribution in [1.82, 2.24) is 20.1 Å². The Morgan fingerprint density at radius 2 is 1.75 bits per heavy atom. The van der Waals surface area contributed by atoms with E-state index in [2.05, 4.69) is 55.5 Å². The van der Waals surface area contributed by atoms with E-state index in [-0.39, 0.29) is 11.9 Å². The van der Waals surface area contributed by atoms with E-state index in [1.54, 1.807) is 10.9 Å². The quantitative estimate of drug-likeness (QED) is 0.392. The smallest absolute Gasteiger partial charge is 0.252 e. The van der Waals surface area contributed by atoms with Gasteiger partial charge in [-0.1, -0.05) is 63.2 Å². The molecule has 2 aromatic heterocycles. The largest absolute Gasteiger partial charge is 0.345 e. The number of nitrogens with zero attached hydrogens (tertiary/aromatic N) is 3. The molecule has 32 heavy (non-hydrogen) atoms. The number of rotatable bonds is 7. The van der Waals surface area contributed by atoms with Gasteiger partial charge in [-0.05, 0) is 42.0 Å². The van der Waals surface area contributed by atoms with Gasteiger partial charge < -0.3 is 5.32 Å². The van der Waals surface area contributed by atoms with E-state index in [0.717, 1.165) is 40.6 Å². The van der Waals surface area contributed by atoms with Crippen molar-refractivity contribution in [2.24, 2.45) is 7.05 Å². The number of carbonyl (C=O) groups excluding carboxylic acids is 1. The zero-order valence-corrected chi connectivity index (χ0v) is 19.2. The topological polar surface area (TPSA) is 59.8 Å². The Bertz CT molecular complexity index is 1230. The molecule has 0 aliphatic carbocycles. The van der Waals surface area contributed by atoms with E-state index < -0.39 is 0 Å². The van der Waals surface area contributed by atoms with E-state index >= 15 is 0 Å². The summed E-state index contributed by atoms with van der Waals surface area (Å²) in [6.07, 6.45) is 5.60. The number of fused-ring (bicyclic) bond motifs is 1. The third kappa shape index (κ3) is 4.42. The van der Waals surface area contributed by atoms with E-state index in [1.807, 2.05) is 43.6 Å². The number of hydrogen-bond acceptors (Lipinski definition) is 3. The van der Waals surface area contributed by atoms with Crippen LogP contribution < -0.4 is 5.32 Å². The third-order valence-corrected chi connectivity index (χ3v) is 6.20. The fourth-order valence-corrected chi connectivity index (χ4v) is 4.01. The van der Waals surface area contributed by atoms with Crippen molar-refractivity contribution in [3.8, 4) is 11.3 Å². The summed E-state index contributed by atoms with van der Waals surface area (Å²) in [5.74, 6) is 0.444. The highest BCUT2D eigenvalue weighted by atomic mass is 16.1. The summed E-state index contributed by atoms with van der Waals surface area (Å²) in [6, 6.07) is 18.2. The zero-order chi connectivity index (χ0) is 22.7. The van der Waals surface area contributed by atoms with Gasteiger partial charge in [0, 0.05) is 24.2 Å². The van der Waals surface area contributed by atoms with Crippen LogP contribution in [0.1, 0.15) is 67.1 Å². The van der Waals surface area contributed by atoms with Crippen molar-refractivity contribution in [3.05, 3.63) is 83.7 Å². The number of benzene rings is 2. The van der Waals surface area contributed by atoms with Crippen molar-refractivity contribution in [3.63, 3.8) is 0 Å². The van der Waals surface area contributed by atoms with Gasteiger partial charge in [0.25, 0.3) is 5.91 Å². The summed E-state index contributed by atoms with van der Waals surface area (Å²) in [7, 11) is 1.87. The molecule has 5 heteroatoms. The number of pyridine rings is 1. The lowest BCUT2D eigenvalue weighted by molar-refractivity contribution is 0.0937. The zero-order valence-electron chi connectivity index (χ0n) is 19.2. The second-order valence-corrected chi connectivity index (χ2v) is 8.39. The first kappa shape index (κ1) is 21.8. The minimum atomic E-state index is -0.0911. The number of nitrogens with one attached hydrogen (secondary N) is 1. The van der Waals surface area contributed by atoms with Gasteiger partial charge in [-0.3, -0.25) is 9.48 Å². The number of aromatic nitrogens is 3. The highest BCUT2D eigenvalue weighted by Gasteiger charge is 2.19. The minimum Gasteiger partial charge on any atom is -0.345 e. The highest BCUT2D eigenvalue weighted by molar-refractivity contribution is 6.07. The van der Waals surface area contributed by atoms with Gasteiger partial charge >= 0.3 is 0 Å². The number of hydrogen-bond donors (Lipinski definition) is 1. The summed E-state index contributed by atoms with van der Waals surface area (Å²) >= 11 is 0. The van der Waals surface area contributed by atoms with Crippen LogP contribution in [0.3, 0.4) is 0 Å². The highest BCUT2D eigenvalue weighted by Crippen LogP contribution is 2.27. The van der Waals surface area contributed by atoms with Crippen molar-refractivity contribution >= 4 is 16.8 Å². The fourth-order valence-electron chi connectivity index (χ4n) is 4.01. The predicted molar refractivity (Wildman–Crippen MR) is 130 cm³/mol. The molecule has 2 atom stereocenters. The van der Waals surface area contributed by atoms with Crippen molar-refractivity contribution in [2.45, 2.75) is 45.6 Å². The van der Waals surface area contributed by atoms with Gasteiger partial charge in [-0.2, -0.15) is 5.10 Å². The Kier molecular flexibility index (Phi) is 6.35. The fraction of sp³-hybridized carbons (Fsp3) is 0.296. The molecule has 4 rings (SSSR count). The van der Waals surface area contributed by atoms with Crippen molar-refractivity contribution < 1.29 is 4.79 Å². The molecule has 0 bridgehead atoms. The van der Waals surface area contributed by atoms with Crippen LogP contribution in [-0.4, -0.2) is 20.7 Å². The van der Waals surface area contributed by atoms with Gasteiger partial charge in [-0.25, -0.2) is 4.98 Å². The Labute approximate surface area is 189 Å². The van der Waals surface area contributed by atoms with Gasteiger partial charge in [-0.15, -0.1) is 0 Å². The summed E-state index contributed by atoms with van der Waals surface area (Å²) in [5, 5.41) is 8.35. The van der Waals surface area contributed by atoms with E-state index in [0.29, 0.717) is 11.5 Å². The third-order valence-electron chi connectivity index (χ3n) is 6.20. The first-order valence-corrected chi connectivity index (χ1v) is 11.3. The summed E-state index contributed by atoms with van der Waals surface area (Å²) in [4.78, 5) is 18.2. The molecule has 5 nitrogen and oxygen atoms in total. The average Bonchev–Trinajstić information content (AvgIpc) is 3.27. The van der Waals surface area contributed by atoms with Gasteiger partial charge in [0.2, 0.25) is 0 Å². The molecule has 4 aromatic rings. The van der Waals surface area contributed by atoms with E-state index in [1.165, 1.54) is 5.56 Å². The van der Waals surface area contributed by atoms with Crippen LogP contribution in [0.15, 0.2) is 67.0 Å². The number of amides is 1. The molecule has 0 fully saturated rings. The molecule has 0 aliphatic rings. The molecule has 0 saturated carbocycles. The molecule has 164 valence electrons. The van der Waals surface area contributed by atoms with Crippen LogP contribution in [-0.2, 0) is 7.05 Å². The maximum Gasteiger partial charge on any atom is 0.252 e. The molecule has 2 heterocycles. The Morgan fingerprint density at radius 1 is 1.03 bits per heavy atom. The van der Waals surface area contributed by atoms with Crippen molar-refractivity contribution in [2.75, 3.05) is 0 Å². The standard InChI is InChI=1S/C27H30N4O/c1-5-18(3)19-11-13-20(14-12-19)24(6-2)30-27(32)23-15-26(21-16-28-31(4)17-21)29-25-10-8-7-9-22(23)25/h7-18,24H,5-6H2,1-4H3,(H,30,32). The Balaban J connectivity index is 1.66. The number of aryl methyl sites for hydroxylation is 1. The normalized spacial score (nSPS) is 13.1. The molecule has 0 saturated heterocycles. The second kappa shape index (κ2) is 9.35. The predicted octanol–water partition coefficient (Wildman–Crippen LogP) is 6.03. The number of carbonyl (C=O) groups is 1. The van der Waals surface area contributed by atoms with Crippen LogP contribution in [0.4, 0.5) is 0 Å². The lowest BCUT2D eigenvalue weighted by atomic mass is 9.95. The molecule has 2 unspecified atom stereocenters. The molecular formula is C27H30N4O. The van der Waals surface area contributed by atoms with Crippen molar-refractivity contribution in [1.29, 1.82) is 0 Å². The average molecular weight is 427 g/mol. The molecular weight excluding hydrogens is 396 g/mol. The Hall–Kier alpha value is -3.47. The lowest BCUT2D eigenvalue weighted by Gasteiger charge is -2.19. The van der Waals surface area contributed by atoms with Crippen LogP contribution in [0.2, 0.25) is 0 Å². The molecule has 0 aliphatic heterocycles. The SMILES string of the molecule is CCC(C)c1ccc(C(CC)NC(=O)c2cc(-c3cnn(C)c3)nc3ccccc23)cc1.